The molecule has 0 aromatic heterocycles. The summed E-state index contributed by atoms with van der Waals surface area (Å²) in [6.07, 6.45) is 2.29. The second-order valence-electron chi connectivity index (χ2n) is 5.47. The standard InChI is InChI=1S/C19H16O5/c1-23-16-9-13-8-14(18(20)15(13)10-17(16)24-2)7-11-3-5-12(6-4-11)19(21)22/h3-7,9-10H,8H2,1-2H3,(H,21,22). The van der Waals surface area contributed by atoms with E-state index in [9.17, 15) is 9.59 Å². The zero-order valence-corrected chi connectivity index (χ0v) is 13.3. The summed E-state index contributed by atoms with van der Waals surface area (Å²) in [5.41, 5.74) is 3.17. The molecule has 0 aliphatic heterocycles. The zero-order chi connectivity index (χ0) is 17.3. The lowest BCUT2D eigenvalue weighted by Gasteiger charge is -2.08. The molecule has 24 heavy (non-hydrogen) atoms. The van der Waals surface area contributed by atoms with E-state index < -0.39 is 5.97 Å². The van der Waals surface area contributed by atoms with E-state index in [0.29, 0.717) is 29.1 Å². The smallest absolute Gasteiger partial charge is 0.335 e. The highest BCUT2D eigenvalue weighted by molar-refractivity contribution is 6.16. The van der Waals surface area contributed by atoms with Crippen molar-refractivity contribution in [2.75, 3.05) is 14.2 Å². The van der Waals surface area contributed by atoms with Gasteiger partial charge in [0.15, 0.2) is 17.3 Å². The topological polar surface area (TPSA) is 72.8 Å². The first-order chi connectivity index (χ1) is 11.5. The van der Waals surface area contributed by atoms with Crippen molar-refractivity contribution in [1.29, 1.82) is 0 Å². The van der Waals surface area contributed by atoms with Gasteiger partial charge in [0, 0.05) is 17.6 Å². The molecule has 0 unspecified atom stereocenters. The summed E-state index contributed by atoms with van der Waals surface area (Å²) in [6.45, 7) is 0. The van der Waals surface area contributed by atoms with Gasteiger partial charge >= 0.3 is 5.97 Å². The summed E-state index contributed by atoms with van der Waals surface area (Å²) in [6, 6.07) is 9.94. The number of carboxylic acid groups (broad SMARTS) is 1. The third-order valence-corrected chi connectivity index (χ3v) is 4.03. The van der Waals surface area contributed by atoms with Crippen LogP contribution in [0, 0.1) is 0 Å². The molecule has 1 N–H and O–H groups in total. The van der Waals surface area contributed by atoms with Gasteiger partial charge in [-0.1, -0.05) is 12.1 Å². The van der Waals surface area contributed by atoms with Gasteiger partial charge in [-0.25, -0.2) is 4.79 Å². The van der Waals surface area contributed by atoms with Crippen molar-refractivity contribution in [3.63, 3.8) is 0 Å². The van der Waals surface area contributed by atoms with Crippen LogP contribution in [0.25, 0.3) is 6.08 Å². The van der Waals surface area contributed by atoms with Crippen LogP contribution in [0.5, 0.6) is 11.5 Å². The van der Waals surface area contributed by atoms with Gasteiger partial charge in [0.1, 0.15) is 0 Å². The van der Waals surface area contributed by atoms with Crippen LogP contribution in [0.15, 0.2) is 42.0 Å². The molecule has 0 spiro atoms. The molecule has 0 amide bonds. The Labute approximate surface area is 139 Å². The second kappa shape index (κ2) is 6.20. The van der Waals surface area contributed by atoms with Crippen LogP contribution < -0.4 is 9.47 Å². The molecule has 1 aliphatic rings. The zero-order valence-electron chi connectivity index (χ0n) is 13.3. The van der Waals surface area contributed by atoms with Gasteiger partial charge < -0.3 is 14.6 Å². The Morgan fingerprint density at radius 2 is 1.71 bits per heavy atom. The fraction of sp³-hybridized carbons (Fsp3) is 0.158. The van der Waals surface area contributed by atoms with Crippen LogP contribution in [0.3, 0.4) is 0 Å². The monoisotopic (exact) mass is 324 g/mol. The first-order valence-electron chi connectivity index (χ1n) is 7.37. The molecular weight excluding hydrogens is 308 g/mol. The maximum absolute atomic E-state index is 12.6. The number of Topliss-reactive ketones (excluding diaryl/α,β-unsaturated/α-hetero) is 1. The van der Waals surface area contributed by atoms with Crippen molar-refractivity contribution >= 4 is 17.8 Å². The summed E-state index contributed by atoms with van der Waals surface area (Å²) in [7, 11) is 3.09. The van der Waals surface area contributed by atoms with Crippen LogP contribution in [0.2, 0.25) is 0 Å². The predicted octanol–water partition coefficient (Wildman–Crippen LogP) is 3.22. The van der Waals surface area contributed by atoms with E-state index in [-0.39, 0.29) is 11.3 Å². The summed E-state index contributed by atoms with van der Waals surface area (Å²) in [5.74, 6) is 0.0961. The molecule has 0 atom stereocenters. The Hall–Kier alpha value is -3.08. The van der Waals surface area contributed by atoms with Crippen LogP contribution in [-0.4, -0.2) is 31.1 Å². The van der Waals surface area contributed by atoms with Crippen molar-refractivity contribution in [1.82, 2.24) is 0 Å². The highest BCUT2D eigenvalue weighted by Crippen LogP contribution is 2.37. The third kappa shape index (κ3) is 2.76. The van der Waals surface area contributed by atoms with Gasteiger partial charge in [0.2, 0.25) is 0 Å². The second-order valence-corrected chi connectivity index (χ2v) is 5.47. The van der Waals surface area contributed by atoms with Crippen molar-refractivity contribution in [3.8, 4) is 11.5 Å². The number of carbonyl (C=O) groups excluding carboxylic acids is 1. The number of methoxy groups -OCH3 is 2. The molecule has 122 valence electrons. The molecule has 0 bridgehead atoms. The van der Waals surface area contributed by atoms with Crippen LogP contribution >= 0.6 is 0 Å². The molecule has 2 aromatic carbocycles. The Balaban J connectivity index is 1.94. The van der Waals surface area contributed by atoms with Gasteiger partial charge in [-0.3, -0.25) is 4.79 Å². The molecule has 5 heteroatoms. The van der Waals surface area contributed by atoms with Crippen LogP contribution in [0.1, 0.15) is 31.8 Å². The predicted molar refractivity (Wildman–Crippen MR) is 89.0 cm³/mol. The molecule has 3 rings (SSSR count). The first kappa shape index (κ1) is 15.8. The van der Waals surface area contributed by atoms with Crippen LogP contribution in [-0.2, 0) is 6.42 Å². The average molecular weight is 324 g/mol. The maximum atomic E-state index is 12.6. The lowest BCUT2D eigenvalue weighted by molar-refractivity contribution is 0.0696. The van der Waals surface area contributed by atoms with E-state index in [1.807, 2.05) is 6.07 Å². The molecule has 0 saturated carbocycles. The SMILES string of the molecule is COc1cc2c(cc1OC)C(=O)C(=Cc1ccc(C(=O)O)cc1)C2. The molecule has 2 aromatic rings. The summed E-state index contributed by atoms with van der Waals surface area (Å²) in [5, 5.41) is 8.93. The summed E-state index contributed by atoms with van der Waals surface area (Å²) >= 11 is 0. The number of hydrogen-bond donors (Lipinski definition) is 1. The van der Waals surface area contributed by atoms with Gasteiger partial charge in [0.05, 0.1) is 19.8 Å². The Morgan fingerprint density at radius 1 is 1.08 bits per heavy atom. The Bertz CT molecular complexity index is 847. The van der Waals surface area contributed by atoms with E-state index in [2.05, 4.69) is 0 Å². The van der Waals surface area contributed by atoms with E-state index in [1.165, 1.54) is 19.2 Å². The normalized spacial score (nSPS) is 14.6. The average Bonchev–Trinajstić information content (AvgIpc) is 2.89. The number of ketones is 1. The van der Waals surface area contributed by atoms with Gasteiger partial charge in [-0.2, -0.15) is 0 Å². The molecule has 0 fully saturated rings. The van der Waals surface area contributed by atoms with Gasteiger partial charge in [0.25, 0.3) is 0 Å². The Kier molecular flexibility index (Phi) is 4.08. The van der Waals surface area contributed by atoms with Crippen molar-refractivity contribution < 1.29 is 24.2 Å². The van der Waals surface area contributed by atoms with Crippen LogP contribution in [0.4, 0.5) is 0 Å². The largest absolute Gasteiger partial charge is 0.493 e. The highest BCUT2D eigenvalue weighted by Gasteiger charge is 2.27. The minimum absolute atomic E-state index is 0.0479. The summed E-state index contributed by atoms with van der Waals surface area (Å²) < 4.78 is 10.5. The number of hydrogen-bond acceptors (Lipinski definition) is 4. The lowest BCUT2D eigenvalue weighted by Crippen LogP contribution is -1.98. The van der Waals surface area contributed by atoms with Crippen molar-refractivity contribution in [2.45, 2.75) is 6.42 Å². The minimum atomic E-state index is -0.974. The van der Waals surface area contributed by atoms with E-state index >= 15 is 0 Å². The number of ether oxygens (including phenoxy) is 2. The number of benzene rings is 2. The molecule has 5 nitrogen and oxygen atoms in total. The number of allylic oxidation sites excluding steroid dienone is 1. The number of carboxylic acids is 1. The molecule has 1 aliphatic carbocycles. The fourth-order valence-electron chi connectivity index (χ4n) is 2.78. The van der Waals surface area contributed by atoms with E-state index in [1.54, 1.807) is 31.4 Å². The number of aromatic carboxylic acids is 1. The number of rotatable bonds is 4. The molecule has 0 radical (unpaired) electrons. The lowest BCUT2D eigenvalue weighted by atomic mass is 10.1. The van der Waals surface area contributed by atoms with Gasteiger partial charge in [-0.15, -0.1) is 0 Å². The van der Waals surface area contributed by atoms with Crippen molar-refractivity contribution in [3.05, 3.63) is 64.2 Å². The van der Waals surface area contributed by atoms with E-state index in [4.69, 9.17) is 14.6 Å². The first-order valence-corrected chi connectivity index (χ1v) is 7.37. The highest BCUT2D eigenvalue weighted by atomic mass is 16.5. The number of carbonyl (C=O) groups is 2. The molecule has 0 heterocycles. The quantitative estimate of drug-likeness (QED) is 0.874. The molecule has 0 saturated heterocycles. The fourth-order valence-corrected chi connectivity index (χ4v) is 2.78. The maximum Gasteiger partial charge on any atom is 0.335 e. The summed E-state index contributed by atoms with van der Waals surface area (Å²) in [4.78, 5) is 23.5. The number of fused-ring (bicyclic) bond motifs is 1. The third-order valence-electron chi connectivity index (χ3n) is 4.03. The minimum Gasteiger partial charge on any atom is -0.493 e. The molecular formula is C19H16O5. The van der Waals surface area contributed by atoms with Crippen molar-refractivity contribution in [2.24, 2.45) is 0 Å². The Morgan fingerprint density at radius 3 is 2.29 bits per heavy atom. The van der Waals surface area contributed by atoms with Gasteiger partial charge in [-0.05, 0) is 41.5 Å². The van der Waals surface area contributed by atoms with E-state index in [0.717, 1.165) is 11.1 Å².